The van der Waals surface area contributed by atoms with Crippen LogP contribution in [0.1, 0.15) is 25.7 Å². The molecule has 1 atom stereocenters. The minimum atomic E-state index is -0.555. The fraction of sp³-hybridized carbons (Fsp3) is 0.615. The quantitative estimate of drug-likeness (QED) is 0.403. The van der Waals surface area contributed by atoms with E-state index in [0.29, 0.717) is 0 Å². The molecular weight excluding hydrogens is 259 g/mol. The molecule has 0 saturated carbocycles. The number of nitrogens with zero attached hydrogens (tertiary/aromatic N) is 1. The fourth-order valence-corrected chi connectivity index (χ4v) is 3.70. The number of carbonyl (C=O) groups excluding carboxylic acids is 1. The van der Waals surface area contributed by atoms with Crippen LogP contribution < -0.4 is 4.30 Å². The van der Waals surface area contributed by atoms with Gasteiger partial charge in [-0.3, -0.25) is 4.90 Å². The van der Waals surface area contributed by atoms with Gasteiger partial charge in [0.1, 0.15) is 12.0 Å². The molecule has 2 N–H and O–H groups in total. The lowest BCUT2D eigenvalue weighted by atomic mass is 9.79. The van der Waals surface area contributed by atoms with Crippen molar-refractivity contribution in [1.29, 1.82) is 0 Å². The number of aliphatic hydroxyl groups excluding tert-OH is 1. The summed E-state index contributed by atoms with van der Waals surface area (Å²) >= 11 is 0.762. The minimum Gasteiger partial charge on any atom is -0.451 e. The van der Waals surface area contributed by atoms with E-state index in [-0.39, 0.29) is 5.97 Å². The number of likely N-dealkylation sites (tertiary alicyclic amines) is 1. The van der Waals surface area contributed by atoms with Crippen molar-refractivity contribution in [3.05, 3.63) is 23.3 Å². The molecule has 102 valence electrons. The lowest BCUT2D eigenvalue weighted by Crippen LogP contribution is -2.53. The summed E-state index contributed by atoms with van der Waals surface area (Å²) in [6, 6.07) is 0. The molecule has 0 radical (unpaired) electrons. The number of hydrogen-bond acceptors (Lipinski definition) is 5. The van der Waals surface area contributed by atoms with Crippen LogP contribution in [0.5, 0.6) is 0 Å². The molecule has 0 amide bonds. The van der Waals surface area contributed by atoms with Crippen LogP contribution in [0.15, 0.2) is 23.3 Å². The Hall–Kier alpha value is -0.638. The van der Waals surface area contributed by atoms with E-state index in [9.17, 15) is 9.90 Å². The Bertz CT molecular complexity index is 453. The van der Waals surface area contributed by atoms with Crippen LogP contribution in [-0.4, -0.2) is 57.5 Å². The summed E-state index contributed by atoms with van der Waals surface area (Å²) in [6.07, 6.45) is 6.89. The second-order valence-electron chi connectivity index (χ2n) is 5.42. The van der Waals surface area contributed by atoms with Gasteiger partial charge >= 0.3 is 22.5 Å². The zero-order valence-electron chi connectivity index (χ0n) is 11.2. The highest BCUT2D eigenvalue weighted by Crippen LogP contribution is 2.44. The summed E-state index contributed by atoms with van der Waals surface area (Å²) in [7, 11) is 0. The highest BCUT2D eigenvalue weighted by Gasteiger charge is 2.48. The van der Waals surface area contributed by atoms with Crippen LogP contribution in [0.25, 0.3) is 0 Å². The Labute approximate surface area is 120 Å². The van der Waals surface area contributed by atoms with Gasteiger partial charge in [0, 0.05) is 25.9 Å². The van der Waals surface area contributed by atoms with Crippen molar-refractivity contribution in [2.75, 3.05) is 13.1 Å². The summed E-state index contributed by atoms with van der Waals surface area (Å²) < 4.78 is 8.68. The first-order chi connectivity index (χ1) is 9.16. The van der Waals surface area contributed by atoms with Gasteiger partial charge < -0.3 is 14.1 Å². The third kappa shape index (κ3) is 2.18. The molecular formula is C13H19AlN2O3. The van der Waals surface area contributed by atoms with Gasteiger partial charge in [-0.2, -0.15) is 0 Å². The number of allylic oxidation sites excluding steroid dienone is 1. The number of esters is 1. The van der Waals surface area contributed by atoms with Gasteiger partial charge in [0.25, 0.3) is 0 Å². The summed E-state index contributed by atoms with van der Waals surface area (Å²) in [5.41, 5.74) is 1.58. The molecule has 3 rings (SSSR count). The Morgan fingerprint density at radius 2 is 2.21 bits per heavy atom. The molecule has 0 aromatic heterocycles. The second-order valence-corrected chi connectivity index (χ2v) is 5.99. The number of nitrogens with one attached hydrogen (secondary N) is 1. The van der Waals surface area contributed by atoms with E-state index >= 15 is 0 Å². The van der Waals surface area contributed by atoms with E-state index in [2.05, 4.69) is 4.30 Å². The van der Waals surface area contributed by atoms with Gasteiger partial charge in [-0.25, -0.2) is 4.79 Å². The molecule has 6 heteroatoms. The van der Waals surface area contributed by atoms with E-state index in [0.717, 1.165) is 60.9 Å². The van der Waals surface area contributed by atoms with Gasteiger partial charge in [-0.05, 0) is 18.4 Å². The number of fused-ring (bicyclic) bond motifs is 1. The second kappa shape index (κ2) is 5.04. The predicted octanol–water partition coefficient (Wildman–Crippen LogP) is -0.562. The lowest BCUT2D eigenvalue weighted by molar-refractivity contribution is -0.152. The number of piperidine rings is 1. The lowest BCUT2D eigenvalue weighted by Gasteiger charge is -2.41. The number of rotatable bonds is 2. The molecule has 0 aromatic rings. The average Bonchev–Trinajstić information content (AvgIpc) is 2.72. The maximum Gasteiger partial charge on any atom is 0.339 e. The topological polar surface area (TPSA) is 61.8 Å². The van der Waals surface area contributed by atoms with Crippen LogP contribution in [0.2, 0.25) is 0 Å². The molecule has 2 heterocycles. The van der Waals surface area contributed by atoms with Crippen molar-refractivity contribution < 1.29 is 14.6 Å². The minimum absolute atomic E-state index is 0.166. The molecule has 5 nitrogen and oxygen atoms in total. The molecule has 1 aliphatic carbocycles. The van der Waals surface area contributed by atoms with E-state index in [4.69, 9.17) is 4.74 Å². The molecule has 3 aliphatic rings. The first-order valence-corrected chi connectivity index (χ1v) is 7.89. The highest BCUT2D eigenvalue weighted by atomic mass is 27.1. The van der Waals surface area contributed by atoms with E-state index in [1.54, 1.807) is 0 Å². The molecule has 1 spiro atoms. The first-order valence-electron chi connectivity index (χ1n) is 6.89. The smallest absolute Gasteiger partial charge is 0.339 e. The molecule has 0 aromatic carbocycles. The highest BCUT2D eigenvalue weighted by molar-refractivity contribution is 6.04. The van der Waals surface area contributed by atoms with Crippen molar-refractivity contribution in [2.45, 2.75) is 37.6 Å². The normalized spacial score (nSPS) is 27.5. The van der Waals surface area contributed by atoms with Crippen molar-refractivity contribution >= 4 is 22.5 Å². The van der Waals surface area contributed by atoms with E-state index < -0.39 is 12.0 Å². The Balaban J connectivity index is 1.78. The summed E-state index contributed by atoms with van der Waals surface area (Å²) in [6.45, 7) is 1.51. The standard InChI is InChI=1S/C13H17N2O3.Al.2H/c14-12(17)15-7-5-13(6-8-15)10-4-2-1-3-9(10)11(16)18-13;;;/h1,3,12,14,17H,2,4-8H2;;;/q-1;+1;;. The largest absolute Gasteiger partial charge is 0.451 e. The van der Waals surface area contributed by atoms with Gasteiger partial charge in [0.2, 0.25) is 0 Å². The third-order valence-electron chi connectivity index (χ3n) is 4.44. The van der Waals surface area contributed by atoms with Crippen LogP contribution in [0, 0.1) is 0 Å². The van der Waals surface area contributed by atoms with E-state index in [1.807, 2.05) is 17.1 Å². The summed E-state index contributed by atoms with van der Waals surface area (Å²) in [4.78, 5) is 14.0. The average molecular weight is 278 g/mol. The van der Waals surface area contributed by atoms with Crippen LogP contribution in [0.3, 0.4) is 0 Å². The summed E-state index contributed by atoms with van der Waals surface area (Å²) in [5.74, 6) is -0.166. The first kappa shape index (κ1) is 13.4. The maximum atomic E-state index is 12.0. The fourth-order valence-electron chi connectivity index (χ4n) is 3.34. The van der Waals surface area contributed by atoms with Gasteiger partial charge in [0.15, 0.2) is 0 Å². The van der Waals surface area contributed by atoms with Crippen LogP contribution in [-0.2, 0) is 9.53 Å². The van der Waals surface area contributed by atoms with Crippen molar-refractivity contribution in [3.8, 4) is 0 Å². The molecule has 2 aliphatic heterocycles. The zero-order chi connectivity index (χ0) is 13.5. The zero-order valence-corrected chi connectivity index (χ0v) is 13.2. The predicted molar refractivity (Wildman–Crippen MR) is 72.7 cm³/mol. The monoisotopic (exact) mass is 278 g/mol. The third-order valence-corrected chi connectivity index (χ3v) is 4.95. The Kier molecular flexibility index (Phi) is 3.54. The maximum absolute atomic E-state index is 12.0. The van der Waals surface area contributed by atoms with Crippen molar-refractivity contribution in [2.24, 2.45) is 0 Å². The molecule has 1 unspecified atom stereocenters. The molecule has 19 heavy (non-hydrogen) atoms. The van der Waals surface area contributed by atoms with Crippen molar-refractivity contribution in [1.82, 2.24) is 9.20 Å². The van der Waals surface area contributed by atoms with Gasteiger partial charge in [-0.15, -0.1) is 0 Å². The number of hydrogen-bond donors (Lipinski definition) is 2. The number of carbonyl (C=O) groups is 1. The molecule has 0 bridgehead atoms. The SMILES string of the molecule is O=C1OC2(CCN(C(O)[NH][AlH2])CC2)C2=C1C=CCC2. The van der Waals surface area contributed by atoms with Crippen molar-refractivity contribution in [3.63, 3.8) is 0 Å². The van der Waals surface area contributed by atoms with Crippen LogP contribution >= 0.6 is 0 Å². The Morgan fingerprint density at radius 1 is 1.47 bits per heavy atom. The summed E-state index contributed by atoms with van der Waals surface area (Å²) in [5, 5.41) is 9.82. The van der Waals surface area contributed by atoms with Gasteiger partial charge in [0.05, 0.1) is 5.57 Å². The molecule has 1 saturated heterocycles. The Morgan fingerprint density at radius 3 is 2.89 bits per heavy atom. The number of ether oxygens (including phenoxy) is 1. The van der Waals surface area contributed by atoms with E-state index in [1.165, 1.54) is 5.57 Å². The molecule has 1 fully saturated rings. The van der Waals surface area contributed by atoms with Gasteiger partial charge in [-0.1, -0.05) is 12.2 Å². The van der Waals surface area contributed by atoms with Crippen LogP contribution in [0.4, 0.5) is 0 Å². The number of aliphatic hydroxyl groups is 1.